The number of benzene rings is 1. The third-order valence-electron chi connectivity index (χ3n) is 4.15. The molecule has 0 aliphatic carbocycles. The Labute approximate surface area is 159 Å². The van der Waals surface area contributed by atoms with E-state index in [0.29, 0.717) is 19.7 Å². The molecule has 2 aromatic rings. The van der Waals surface area contributed by atoms with Gasteiger partial charge in [0.2, 0.25) is 5.91 Å². The van der Waals surface area contributed by atoms with Gasteiger partial charge < -0.3 is 14.5 Å². The van der Waals surface area contributed by atoms with Gasteiger partial charge >= 0.3 is 0 Å². The average molecular weight is 422 g/mol. The summed E-state index contributed by atoms with van der Waals surface area (Å²) in [6.45, 7) is 1.46. The number of morpholine rings is 1. The molecule has 3 rings (SSSR count). The number of carbonyl (C=O) groups is 2. The first-order valence-electron chi connectivity index (χ1n) is 8.20. The van der Waals surface area contributed by atoms with Crippen LogP contribution in [0.15, 0.2) is 34.9 Å². The molecule has 2 amide bonds. The zero-order valence-electron chi connectivity index (χ0n) is 14.6. The number of likely N-dealkylation sites (N-methyl/N-ethyl adjacent to an activating group) is 1. The quantitative estimate of drug-likeness (QED) is 0.743. The van der Waals surface area contributed by atoms with E-state index in [2.05, 4.69) is 26.2 Å². The lowest BCUT2D eigenvalue weighted by Crippen LogP contribution is -2.42. The highest BCUT2D eigenvalue weighted by molar-refractivity contribution is 9.10. The van der Waals surface area contributed by atoms with Gasteiger partial charge in [0.25, 0.3) is 5.91 Å². The number of ether oxygens (including phenoxy) is 1. The van der Waals surface area contributed by atoms with E-state index < -0.39 is 0 Å². The molecular weight excluding hydrogens is 402 g/mol. The molecule has 9 heteroatoms. The number of carbonyl (C=O) groups excluding carboxylic acids is 2. The average Bonchev–Trinajstić information content (AvgIpc) is 3.10. The Kier molecular flexibility index (Phi) is 5.67. The normalized spacial score (nSPS) is 17.2. The predicted molar refractivity (Wildman–Crippen MR) is 97.5 cm³/mol. The zero-order chi connectivity index (χ0) is 18.7. The number of nitrogens with zero attached hydrogens (tertiary/aromatic N) is 5. The molecule has 0 saturated carbocycles. The molecule has 1 aromatic carbocycles. The number of amides is 2. The summed E-state index contributed by atoms with van der Waals surface area (Å²) in [5.74, 6) is -0.325. The Balaban J connectivity index is 1.66. The van der Waals surface area contributed by atoms with Gasteiger partial charge in [-0.3, -0.25) is 9.59 Å². The molecule has 0 radical (unpaired) electrons. The van der Waals surface area contributed by atoms with Crippen molar-refractivity contribution in [3.05, 3.63) is 46.2 Å². The first kappa shape index (κ1) is 18.5. The lowest BCUT2D eigenvalue weighted by molar-refractivity contribution is -0.129. The molecule has 1 aromatic heterocycles. The van der Waals surface area contributed by atoms with Crippen LogP contribution < -0.4 is 0 Å². The van der Waals surface area contributed by atoms with E-state index in [9.17, 15) is 9.59 Å². The van der Waals surface area contributed by atoms with Crippen LogP contribution in [0, 0.1) is 0 Å². The van der Waals surface area contributed by atoms with Gasteiger partial charge in [-0.05, 0) is 17.7 Å². The van der Waals surface area contributed by atoms with Crippen LogP contribution in [0.2, 0.25) is 0 Å². The van der Waals surface area contributed by atoms with Gasteiger partial charge in [-0.1, -0.05) is 33.3 Å². The molecule has 2 heterocycles. The van der Waals surface area contributed by atoms with E-state index in [0.717, 1.165) is 10.0 Å². The van der Waals surface area contributed by atoms with Gasteiger partial charge in [0.1, 0.15) is 12.6 Å². The van der Waals surface area contributed by atoms with E-state index in [1.165, 1.54) is 15.8 Å². The summed E-state index contributed by atoms with van der Waals surface area (Å²) in [7, 11) is 3.34. The molecule has 1 aliphatic heterocycles. The van der Waals surface area contributed by atoms with Crippen molar-refractivity contribution in [1.29, 1.82) is 0 Å². The molecule has 0 bridgehead atoms. The first-order chi connectivity index (χ1) is 12.4. The molecule has 8 nitrogen and oxygen atoms in total. The number of aromatic nitrogens is 3. The fraction of sp³-hybridized carbons (Fsp3) is 0.412. The summed E-state index contributed by atoms with van der Waals surface area (Å²) in [5.41, 5.74) is 1.25. The second-order valence-electron chi connectivity index (χ2n) is 6.25. The van der Waals surface area contributed by atoms with Crippen molar-refractivity contribution in [1.82, 2.24) is 24.8 Å². The maximum Gasteiger partial charge on any atom is 0.276 e. The van der Waals surface area contributed by atoms with E-state index >= 15 is 0 Å². The van der Waals surface area contributed by atoms with Crippen molar-refractivity contribution >= 4 is 27.7 Å². The lowest BCUT2D eigenvalue weighted by atomic mass is 10.1. The van der Waals surface area contributed by atoms with Crippen LogP contribution >= 0.6 is 15.9 Å². The van der Waals surface area contributed by atoms with Crippen molar-refractivity contribution in [3.8, 4) is 0 Å². The number of rotatable bonds is 4. The number of hydrogen-bond donors (Lipinski definition) is 0. The van der Waals surface area contributed by atoms with Gasteiger partial charge in [-0.2, -0.15) is 0 Å². The van der Waals surface area contributed by atoms with E-state index in [1.54, 1.807) is 19.0 Å². The molecule has 26 heavy (non-hydrogen) atoms. The SMILES string of the molecule is CN(C)C(=O)Cn1cc(C(=O)N2CCOC(c3ccc(Br)cc3)C2)nn1. The van der Waals surface area contributed by atoms with Gasteiger partial charge in [0.05, 0.1) is 19.3 Å². The van der Waals surface area contributed by atoms with E-state index in [1.807, 2.05) is 24.3 Å². The first-order valence-corrected chi connectivity index (χ1v) is 9.00. The lowest BCUT2D eigenvalue weighted by Gasteiger charge is -2.32. The second-order valence-corrected chi connectivity index (χ2v) is 7.17. The molecule has 1 saturated heterocycles. The zero-order valence-corrected chi connectivity index (χ0v) is 16.2. The minimum Gasteiger partial charge on any atom is -0.370 e. The summed E-state index contributed by atoms with van der Waals surface area (Å²) in [4.78, 5) is 27.6. The van der Waals surface area contributed by atoms with E-state index in [-0.39, 0.29) is 30.2 Å². The van der Waals surface area contributed by atoms with Crippen LogP contribution in [0.5, 0.6) is 0 Å². The maximum absolute atomic E-state index is 12.7. The van der Waals surface area contributed by atoms with Crippen LogP contribution in [0.4, 0.5) is 0 Å². The second kappa shape index (κ2) is 7.96. The summed E-state index contributed by atoms with van der Waals surface area (Å²) < 4.78 is 8.18. The highest BCUT2D eigenvalue weighted by atomic mass is 79.9. The Hall–Kier alpha value is -2.26. The minimum atomic E-state index is -0.209. The molecule has 1 atom stereocenters. The van der Waals surface area contributed by atoms with Crippen LogP contribution in [0.3, 0.4) is 0 Å². The smallest absolute Gasteiger partial charge is 0.276 e. The van der Waals surface area contributed by atoms with Gasteiger partial charge in [-0.25, -0.2) is 4.68 Å². The molecule has 1 fully saturated rings. The summed E-state index contributed by atoms with van der Waals surface area (Å²) >= 11 is 3.41. The van der Waals surface area contributed by atoms with Crippen molar-refractivity contribution in [2.75, 3.05) is 33.8 Å². The summed E-state index contributed by atoms with van der Waals surface area (Å²) in [6.07, 6.45) is 1.33. The third-order valence-corrected chi connectivity index (χ3v) is 4.68. The number of hydrogen-bond acceptors (Lipinski definition) is 5. The monoisotopic (exact) mass is 421 g/mol. The Morgan fingerprint density at radius 1 is 1.31 bits per heavy atom. The van der Waals surface area contributed by atoms with Gasteiger partial charge in [0, 0.05) is 25.1 Å². The van der Waals surface area contributed by atoms with Crippen molar-refractivity contribution in [3.63, 3.8) is 0 Å². The third kappa shape index (κ3) is 4.28. The highest BCUT2D eigenvalue weighted by Crippen LogP contribution is 2.24. The van der Waals surface area contributed by atoms with Gasteiger partial charge in [0.15, 0.2) is 5.69 Å². The topological polar surface area (TPSA) is 80.6 Å². The Morgan fingerprint density at radius 3 is 2.73 bits per heavy atom. The minimum absolute atomic E-state index is 0.0535. The predicted octanol–water partition coefficient (Wildman–Crippen LogP) is 1.34. The largest absolute Gasteiger partial charge is 0.370 e. The summed E-state index contributed by atoms with van der Waals surface area (Å²) in [5, 5.41) is 7.79. The molecule has 0 N–H and O–H groups in total. The molecule has 1 aliphatic rings. The van der Waals surface area contributed by atoms with Crippen LogP contribution in [-0.4, -0.2) is 70.4 Å². The van der Waals surface area contributed by atoms with E-state index in [4.69, 9.17) is 4.74 Å². The number of halogens is 1. The van der Waals surface area contributed by atoms with Crippen LogP contribution in [0.25, 0.3) is 0 Å². The highest BCUT2D eigenvalue weighted by Gasteiger charge is 2.27. The van der Waals surface area contributed by atoms with Crippen molar-refractivity contribution in [2.24, 2.45) is 0 Å². The molecule has 1 unspecified atom stereocenters. The van der Waals surface area contributed by atoms with Gasteiger partial charge in [-0.15, -0.1) is 5.10 Å². The molecule has 0 spiro atoms. The van der Waals surface area contributed by atoms with Crippen molar-refractivity contribution < 1.29 is 14.3 Å². The van der Waals surface area contributed by atoms with Crippen LogP contribution in [0.1, 0.15) is 22.2 Å². The molecular formula is C17H20BrN5O3. The summed E-state index contributed by atoms with van der Waals surface area (Å²) in [6, 6.07) is 7.86. The Morgan fingerprint density at radius 2 is 2.04 bits per heavy atom. The Bertz CT molecular complexity index is 790. The molecule has 138 valence electrons. The standard InChI is InChI=1S/C17H20BrN5O3/c1-21(2)16(24)11-23-9-14(19-20-23)17(25)22-7-8-26-15(10-22)12-3-5-13(18)6-4-12/h3-6,9,15H,7-8,10-11H2,1-2H3. The van der Waals surface area contributed by atoms with Crippen molar-refractivity contribution in [2.45, 2.75) is 12.6 Å². The van der Waals surface area contributed by atoms with Crippen LogP contribution in [-0.2, 0) is 16.1 Å². The fourth-order valence-electron chi connectivity index (χ4n) is 2.63. The fourth-order valence-corrected chi connectivity index (χ4v) is 2.89. The maximum atomic E-state index is 12.7.